The van der Waals surface area contributed by atoms with E-state index in [-0.39, 0.29) is 30.4 Å². The average Bonchev–Trinajstić information content (AvgIpc) is 3.89. The van der Waals surface area contributed by atoms with Gasteiger partial charge < -0.3 is 47.8 Å². The molecule has 0 unspecified atom stereocenters. The first-order valence-corrected chi connectivity index (χ1v) is 22.1. The summed E-state index contributed by atoms with van der Waals surface area (Å²) in [4.78, 5) is 33.1. The molecule has 7 aromatic rings. The van der Waals surface area contributed by atoms with E-state index in [0.29, 0.717) is 30.1 Å². The minimum absolute atomic E-state index is 0. The Morgan fingerprint density at radius 2 is 1.43 bits per heavy atom. The van der Waals surface area contributed by atoms with Gasteiger partial charge in [0.25, 0.3) is 0 Å². The molecule has 6 heterocycles. The second-order valence-electron chi connectivity index (χ2n) is 16.5. The number of thiazole rings is 1. The third-order valence-corrected chi connectivity index (χ3v) is 11.7. The molecule has 0 atom stereocenters. The first kappa shape index (κ1) is 45.1. The maximum absolute atomic E-state index is 10.7. The first-order valence-electron chi connectivity index (χ1n) is 21.3. The minimum Gasteiger partial charge on any atom is -1.00 e. The number of allylic oxidation sites excluding steroid dienone is 4. The van der Waals surface area contributed by atoms with Crippen molar-refractivity contribution >= 4 is 79.3 Å². The van der Waals surface area contributed by atoms with Gasteiger partial charge in [0.1, 0.15) is 5.01 Å². The molecule has 0 radical (unpaired) electrons. The molecule has 2 aliphatic rings. The molecule has 0 aliphatic carbocycles. The van der Waals surface area contributed by atoms with Crippen LogP contribution in [0.1, 0.15) is 66.1 Å². The predicted octanol–water partition coefficient (Wildman–Crippen LogP) is 8.33. The highest BCUT2D eigenvalue weighted by atomic mass is 127. The van der Waals surface area contributed by atoms with E-state index in [9.17, 15) is 4.79 Å². The normalized spacial score (nSPS) is 14.6. The summed E-state index contributed by atoms with van der Waals surface area (Å²) in [5, 5.41) is 9.82. The zero-order valence-corrected chi connectivity index (χ0v) is 38.9. The molecule has 3 aromatic carbocycles. The summed E-state index contributed by atoms with van der Waals surface area (Å²) in [6, 6.07) is 35.3. The number of nitrogens with zero attached hydrogens (tertiary/aromatic N) is 7. The molecule has 9 rings (SSSR count). The van der Waals surface area contributed by atoms with Gasteiger partial charge in [-0.3, -0.25) is 4.79 Å². The maximum atomic E-state index is 10.7. The second-order valence-corrected chi connectivity index (χ2v) is 17.5. The van der Waals surface area contributed by atoms with Crippen LogP contribution >= 0.6 is 11.3 Å². The molecule has 63 heavy (non-hydrogen) atoms. The van der Waals surface area contributed by atoms with Crippen LogP contribution in [-0.2, 0) is 4.79 Å². The van der Waals surface area contributed by atoms with Crippen molar-refractivity contribution in [1.29, 1.82) is 0 Å². The van der Waals surface area contributed by atoms with Crippen LogP contribution in [0.15, 0.2) is 138 Å². The number of carbonyl (C=O) groups is 1. The monoisotopic (exact) mass is 969 g/mol. The summed E-state index contributed by atoms with van der Waals surface area (Å²) in [6.07, 6.45) is 19.7. The predicted molar refractivity (Wildman–Crippen MR) is 254 cm³/mol. The average molecular weight is 970 g/mol. The Kier molecular flexibility index (Phi) is 15.0. The molecule has 0 bridgehead atoms. The van der Waals surface area contributed by atoms with Crippen LogP contribution in [0.2, 0.25) is 0 Å². The summed E-state index contributed by atoms with van der Waals surface area (Å²) in [5.41, 5.74) is 11.4. The van der Waals surface area contributed by atoms with Crippen LogP contribution in [0.5, 0.6) is 0 Å². The molecule has 0 saturated heterocycles. The molecule has 0 fully saturated rings. The van der Waals surface area contributed by atoms with E-state index < -0.39 is 5.97 Å². The van der Waals surface area contributed by atoms with Gasteiger partial charge in [0.2, 0.25) is 5.89 Å². The maximum Gasteiger partial charge on any atom is 0.303 e. The Bertz CT molecular complexity index is 2720. The topological polar surface area (TPSA) is 108 Å². The largest absolute Gasteiger partial charge is 1.00 e. The lowest BCUT2D eigenvalue weighted by Crippen LogP contribution is -3.00. The molecule has 322 valence electrons. The number of benzene rings is 3. The highest BCUT2D eigenvalue weighted by Gasteiger charge is 2.24. The van der Waals surface area contributed by atoms with Crippen molar-refractivity contribution in [1.82, 2.24) is 19.9 Å². The van der Waals surface area contributed by atoms with E-state index in [1.165, 1.54) is 60.3 Å². The van der Waals surface area contributed by atoms with E-state index in [4.69, 9.17) is 14.5 Å². The Morgan fingerprint density at radius 1 is 0.730 bits per heavy atom. The number of carboxylic acid groups (broad SMARTS) is 1. The van der Waals surface area contributed by atoms with Crippen LogP contribution in [0, 0.1) is 0 Å². The van der Waals surface area contributed by atoms with Gasteiger partial charge in [-0.05, 0) is 97.0 Å². The third kappa shape index (κ3) is 11.5. The number of carboxylic acids is 1. The van der Waals surface area contributed by atoms with Gasteiger partial charge in [-0.25, -0.2) is 15.0 Å². The van der Waals surface area contributed by atoms with Crippen molar-refractivity contribution in [2.75, 3.05) is 50.6 Å². The molecule has 10 nitrogen and oxygen atoms in total. The number of hydrogen-bond acceptors (Lipinski definition) is 9. The molecule has 0 amide bonds. The van der Waals surface area contributed by atoms with Crippen LogP contribution in [0.4, 0.5) is 11.4 Å². The van der Waals surface area contributed by atoms with E-state index in [1.54, 1.807) is 17.5 Å². The number of oxazole rings is 1. The lowest BCUT2D eigenvalue weighted by Gasteiger charge is -2.34. The van der Waals surface area contributed by atoms with Crippen LogP contribution in [0.25, 0.3) is 50.6 Å². The zero-order valence-electron chi connectivity index (χ0n) is 35.9. The van der Waals surface area contributed by atoms with Crippen LogP contribution in [-0.4, -0.2) is 76.3 Å². The standard InChI is InChI=1S/C31H35N4S.C20H17N3O3.HI/c1-35(2,3)21-12-5-4-11-20-34-27-17-10-9-16-26(27)25(22-28(34)24-14-7-6-8-15-24)23-30-33-31-29(36-30)18-13-19-32-31;24-19(25)8-4-11-23-12-9-14(15-5-1-2-6-16(15)23)13-18-22-20-17(26-18)7-3-10-21-20;/h6-10,13-19,22-23H,4-5,11-12,20-21H2,1-3H3;1-3,5-7,9-10,12-13H,4,8,11H2,(H,24,25);1H/q+1;;/p-1. The summed E-state index contributed by atoms with van der Waals surface area (Å²) in [6.45, 7) is 2.90. The smallest absolute Gasteiger partial charge is 0.303 e. The fourth-order valence-electron chi connectivity index (χ4n) is 7.79. The summed E-state index contributed by atoms with van der Waals surface area (Å²) in [7, 11) is 6.83. The van der Waals surface area contributed by atoms with E-state index in [0.717, 1.165) is 43.2 Å². The summed E-state index contributed by atoms with van der Waals surface area (Å²) >= 11 is 1.69. The molecular weight excluding hydrogens is 918 g/mol. The third-order valence-electron chi connectivity index (χ3n) is 10.8. The fraction of sp³-hybridized carbons (Fsp3) is 0.235. The van der Waals surface area contributed by atoms with Gasteiger partial charge in [-0.15, -0.1) is 11.3 Å². The number of aliphatic carboxylic acids is 1. The van der Waals surface area contributed by atoms with Gasteiger partial charge in [0, 0.05) is 72.4 Å². The van der Waals surface area contributed by atoms with Crippen LogP contribution in [0.3, 0.4) is 0 Å². The summed E-state index contributed by atoms with van der Waals surface area (Å²) < 4.78 is 7.90. The molecule has 1 N–H and O–H groups in total. The Morgan fingerprint density at radius 3 is 2.17 bits per heavy atom. The van der Waals surface area contributed by atoms with Crippen molar-refractivity contribution in [3.8, 4) is 0 Å². The second kappa shape index (κ2) is 20.9. The van der Waals surface area contributed by atoms with Crippen molar-refractivity contribution < 1.29 is 42.8 Å². The van der Waals surface area contributed by atoms with Crippen molar-refractivity contribution in [2.24, 2.45) is 0 Å². The first-order chi connectivity index (χ1) is 30.2. The van der Waals surface area contributed by atoms with Gasteiger partial charge >= 0.3 is 5.97 Å². The van der Waals surface area contributed by atoms with E-state index >= 15 is 0 Å². The molecule has 0 saturated carbocycles. The number of quaternary nitrogens is 1. The van der Waals surface area contributed by atoms with Gasteiger partial charge in [0.05, 0.1) is 32.4 Å². The van der Waals surface area contributed by atoms with Crippen molar-refractivity contribution in [3.63, 3.8) is 0 Å². The van der Waals surface area contributed by atoms with Gasteiger partial charge in [0.15, 0.2) is 16.9 Å². The quantitative estimate of drug-likeness (QED) is 0.0655. The molecule has 12 heteroatoms. The number of halogens is 1. The van der Waals surface area contributed by atoms with Gasteiger partial charge in [-0.2, -0.15) is 4.98 Å². The fourth-order valence-corrected chi connectivity index (χ4v) is 8.67. The highest BCUT2D eigenvalue weighted by molar-refractivity contribution is 7.19. The number of pyridine rings is 2. The lowest BCUT2D eigenvalue weighted by molar-refractivity contribution is -0.870. The molecule has 2 aliphatic heterocycles. The van der Waals surface area contributed by atoms with Crippen molar-refractivity contribution in [2.45, 2.75) is 38.5 Å². The number of rotatable bonds is 14. The highest BCUT2D eigenvalue weighted by Crippen LogP contribution is 2.41. The number of fused-ring (bicyclic) bond motifs is 4. The molecule has 4 aromatic heterocycles. The van der Waals surface area contributed by atoms with Crippen molar-refractivity contribution in [3.05, 3.63) is 161 Å². The molecular formula is C51H52IN7O3S. The number of para-hydroxylation sites is 2. The number of aromatic nitrogens is 4. The Balaban J connectivity index is 0.000000195. The summed E-state index contributed by atoms with van der Waals surface area (Å²) in [5.74, 6) is -0.267. The number of unbranched alkanes of at least 4 members (excludes halogenated alkanes) is 3. The zero-order chi connectivity index (χ0) is 42.9. The number of anilines is 2. The molecule has 0 spiro atoms. The SMILES string of the molecule is C[N+](C)(C)CCCCCCN1C(c2ccccc2)=CC(=Cc2nc3ncccc3s2)c2ccccc21.O=C(O)CCCN1C=CC(=Cc2nc3ncccc3o2)c2ccccc21.[I-]. The van der Waals surface area contributed by atoms with Crippen LogP contribution < -0.4 is 33.8 Å². The van der Waals surface area contributed by atoms with E-state index in [1.807, 2.05) is 67.0 Å². The number of hydrogen-bond donors (Lipinski definition) is 1. The Hall–Kier alpha value is -5.96. The van der Waals surface area contributed by atoms with E-state index in [2.05, 4.69) is 119 Å². The minimum atomic E-state index is -0.774. The Labute approximate surface area is 390 Å². The lowest BCUT2D eigenvalue weighted by atomic mass is 9.94. The van der Waals surface area contributed by atoms with Gasteiger partial charge in [-0.1, -0.05) is 73.2 Å².